The van der Waals surface area contributed by atoms with Crippen molar-refractivity contribution in [2.75, 3.05) is 31.1 Å². The number of rotatable bonds is 8. The fourth-order valence-electron chi connectivity index (χ4n) is 3.55. The van der Waals surface area contributed by atoms with Crippen LogP contribution in [0.5, 0.6) is 0 Å². The number of carbonyl (C=O) groups excluding carboxylic acids is 1. The normalized spacial score (nSPS) is 15.3. The Morgan fingerprint density at radius 3 is 2.83 bits per heavy atom. The molecular weight excluding hydrogens is 398 g/mol. The molecule has 9 heteroatoms. The van der Waals surface area contributed by atoms with Crippen LogP contribution in [-0.4, -0.2) is 48.0 Å². The van der Waals surface area contributed by atoms with E-state index in [9.17, 15) is 4.79 Å². The first-order chi connectivity index (χ1) is 14.6. The van der Waals surface area contributed by atoms with Gasteiger partial charge in [-0.2, -0.15) is 0 Å². The number of anilines is 1. The molecule has 3 heterocycles. The van der Waals surface area contributed by atoms with Gasteiger partial charge in [-0.3, -0.25) is 4.79 Å². The minimum atomic E-state index is -0.199. The van der Waals surface area contributed by atoms with Crippen LogP contribution in [-0.2, 0) is 17.8 Å². The summed E-state index contributed by atoms with van der Waals surface area (Å²) in [7, 11) is 0. The molecule has 3 rings (SSSR count). The van der Waals surface area contributed by atoms with E-state index in [1.165, 1.54) is 0 Å². The summed E-state index contributed by atoms with van der Waals surface area (Å²) in [5.41, 5.74) is 7.64. The van der Waals surface area contributed by atoms with E-state index in [1.807, 2.05) is 19.2 Å². The van der Waals surface area contributed by atoms with Crippen LogP contribution in [0.15, 0.2) is 28.7 Å². The summed E-state index contributed by atoms with van der Waals surface area (Å²) in [6.45, 7) is 7.75. The van der Waals surface area contributed by atoms with Crippen LogP contribution in [0.2, 0.25) is 0 Å². The summed E-state index contributed by atoms with van der Waals surface area (Å²) in [6, 6.07) is 4.00. The highest BCUT2D eigenvalue weighted by molar-refractivity contribution is 7.09. The number of nitrogens with zero attached hydrogens (tertiary/aromatic N) is 4. The molecule has 0 aromatic carbocycles. The molecular formula is C21H31N7OS. The third kappa shape index (κ3) is 6.16. The average Bonchev–Trinajstić information content (AvgIpc) is 3.17. The highest BCUT2D eigenvalue weighted by Crippen LogP contribution is 2.24. The number of aliphatic imine (C=N–C) groups is 1. The third-order valence-electron chi connectivity index (χ3n) is 5.16. The monoisotopic (exact) mass is 429 g/mol. The Kier molecular flexibility index (Phi) is 8.01. The molecule has 1 amide bonds. The molecule has 2 aromatic heterocycles. The predicted octanol–water partition coefficient (Wildman–Crippen LogP) is 1.85. The van der Waals surface area contributed by atoms with Crippen molar-refractivity contribution in [2.24, 2.45) is 16.6 Å². The molecule has 4 N–H and O–H groups in total. The maximum atomic E-state index is 11.4. The van der Waals surface area contributed by atoms with Gasteiger partial charge in [-0.15, -0.1) is 11.3 Å². The third-order valence-corrected chi connectivity index (χ3v) is 5.98. The van der Waals surface area contributed by atoms with Gasteiger partial charge >= 0.3 is 0 Å². The molecule has 1 aliphatic heterocycles. The highest BCUT2D eigenvalue weighted by atomic mass is 32.1. The number of thiazole rings is 1. The lowest BCUT2D eigenvalue weighted by molar-refractivity contribution is -0.122. The second-order valence-corrected chi connectivity index (χ2v) is 8.44. The number of guanidine groups is 1. The van der Waals surface area contributed by atoms with Crippen molar-refractivity contribution in [3.05, 3.63) is 40.0 Å². The first-order valence-electron chi connectivity index (χ1n) is 10.5. The fraction of sp³-hybridized carbons (Fsp3) is 0.524. The van der Waals surface area contributed by atoms with Gasteiger partial charge in [0, 0.05) is 55.7 Å². The topological polar surface area (TPSA) is 109 Å². The quantitative estimate of drug-likeness (QED) is 0.436. The number of carbonyl (C=O) groups is 1. The minimum Gasteiger partial charge on any atom is -0.369 e. The van der Waals surface area contributed by atoms with Gasteiger partial charge in [0.1, 0.15) is 5.82 Å². The number of aromatic nitrogens is 2. The Balaban J connectivity index is 1.60. The molecule has 0 spiro atoms. The number of hydrogen-bond donors (Lipinski definition) is 3. The van der Waals surface area contributed by atoms with Gasteiger partial charge in [0.05, 0.1) is 17.2 Å². The number of aryl methyl sites for hydroxylation is 1. The summed E-state index contributed by atoms with van der Waals surface area (Å²) in [4.78, 5) is 27.5. The van der Waals surface area contributed by atoms with Crippen LogP contribution in [0, 0.1) is 12.8 Å². The number of hydrogen-bond acceptors (Lipinski definition) is 6. The van der Waals surface area contributed by atoms with Crippen LogP contribution in [0.1, 0.15) is 36.0 Å². The molecule has 0 atom stereocenters. The van der Waals surface area contributed by atoms with E-state index in [2.05, 4.69) is 43.9 Å². The van der Waals surface area contributed by atoms with Crippen molar-refractivity contribution in [3.63, 3.8) is 0 Å². The lowest BCUT2D eigenvalue weighted by atomic mass is 9.96. The van der Waals surface area contributed by atoms with Crippen molar-refractivity contribution in [1.29, 1.82) is 0 Å². The van der Waals surface area contributed by atoms with Gasteiger partial charge in [-0.25, -0.2) is 15.0 Å². The summed E-state index contributed by atoms with van der Waals surface area (Å²) in [6.07, 6.45) is 4.22. The number of nitrogens with two attached hydrogens (primary N) is 1. The van der Waals surface area contributed by atoms with Gasteiger partial charge in [-0.05, 0) is 32.8 Å². The maximum absolute atomic E-state index is 11.4. The van der Waals surface area contributed by atoms with Crippen LogP contribution in [0.3, 0.4) is 0 Å². The summed E-state index contributed by atoms with van der Waals surface area (Å²) < 4.78 is 0. The Morgan fingerprint density at radius 1 is 1.37 bits per heavy atom. The summed E-state index contributed by atoms with van der Waals surface area (Å²) in [5.74, 6) is 1.50. The van der Waals surface area contributed by atoms with E-state index in [-0.39, 0.29) is 11.8 Å². The number of nitrogens with one attached hydrogen (secondary N) is 2. The van der Waals surface area contributed by atoms with Crippen LogP contribution in [0.4, 0.5) is 5.82 Å². The maximum Gasteiger partial charge on any atom is 0.220 e. The largest absolute Gasteiger partial charge is 0.369 e. The second kappa shape index (κ2) is 10.9. The van der Waals surface area contributed by atoms with E-state index in [0.29, 0.717) is 6.54 Å². The smallest absolute Gasteiger partial charge is 0.220 e. The molecule has 162 valence electrons. The van der Waals surface area contributed by atoms with Gasteiger partial charge in [0.2, 0.25) is 5.91 Å². The summed E-state index contributed by atoms with van der Waals surface area (Å²) >= 11 is 1.68. The van der Waals surface area contributed by atoms with Gasteiger partial charge < -0.3 is 21.3 Å². The standard InChI is InChI=1S/C21H31N7OS/c1-3-23-21(25-10-6-18-14-30-15(2)27-18)26-13-17-5-4-9-24-20(17)28-11-7-16(8-12-28)19(22)29/h4-5,9,14,16H,3,6-8,10-13H2,1-2H3,(H2,22,29)(H2,23,25,26). The number of primary amides is 1. The molecule has 0 bridgehead atoms. The molecule has 8 nitrogen and oxygen atoms in total. The molecule has 1 fully saturated rings. The van der Waals surface area contributed by atoms with E-state index >= 15 is 0 Å². The number of pyridine rings is 1. The van der Waals surface area contributed by atoms with Crippen molar-refractivity contribution in [2.45, 2.75) is 39.7 Å². The van der Waals surface area contributed by atoms with Crippen molar-refractivity contribution >= 4 is 29.0 Å². The minimum absolute atomic E-state index is 0.0301. The molecule has 30 heavy (non-hydrogen) atoms. The Labute approximate surface area is 182 Å². The van der Waals surface area contributed by atoms with E-state index < -0.39 is 0 Å². The number of piperidine rings is 1. The van der Waals surface area contributed by atoms with E-state index in [4.69, 9.17) is 10.7 Å². The molecule has 0 unspecified atom stereocenters. The predicted molar refractivity (Wildman–Crippen MR) is 122 cm³/mol. The molecule has 0 aliphatic carbocycles. The number of amides is 1. The highest BCUT2D eigenvalue weighted by Gasteiger charge is 2.24. The zero-order valence-corrected chi connectivity index (χ0v) is 18.5. The van der Waals surface area contributed by atoms with Crippen LogP contribution < -0.4 is 21.3 Å². The van der Waals surface area contributed by atoms with Crippen LogP contribution in [0.25, 0.3) is 0 Å². The zero-order chi connectivity index (χ0) is 21.3. The summed E-state index contributed by atoms with van der Waals surface area (Å²) in [5, 5.41) is 9.88. The Morgan fingerprint density at radius 2 is 2.17 bits per heavy atom. The molecule has 2 aromatic rings. The lowest BCUT2D eigenvalue weighted by Crippen LogP contribution is -2.39. The van der Waals surface area contributed by atoms with Gasteiger partial charge in [0.15, 0.2) is 5.96 Å². The lowest BCUT2D eigenvalue weighted by Gasteiger charge is -2.32. The van der Waals surface area contributed by atoms with E-state index in [1.54, 1.807) is 11.3 Å². The van der Waals surface area contributed by atoms with Crippen molar-refractivity contribution < 1.29 is 4.79 Å². The first-order valence-corrected chi connectivity index (χ1v) is 11.4. The molecule has 1 aliphatic rings. The second-order valence-electron chi connectivity index (χ2n) is 7.38. The van der Waals surface area contributed by atoms with Gasteiger partial charge in [-0.1, -0.05) is 6.07 Å². The molecule has 0 radical (unpaired) electrons. The SMILES string of the molecule is CCNC(=NCc1cccnc1N1CCC(C(N)=O)CC1)NCCc1csc(C)n1. The average molecular weight is 430 g/mol. The van der Waals surface area contributed by atoms with E-state index in [0.717, 1.165) is 73.5 Å². The van der Waals surface area contributed by atoms with Gasteiger partial charge in [0.25, 0.3) is 0 Å². The van der Waals surface area contributed by atoms with Crippen molar-refractivity contribution in [1.82, 2.24) is 20.6 Å². The molecule has 1 saturated heterocycles. The van der Waals surface area contributed by atoms with Crippen molar-refractivity contribution in [3.8, 4) is 0 Å². The fourth-order valence-corrected chi connectivity index (χ4v) is 4.20. The van der Waals surface area contributed by atoms with Crippen LogP contribution >= 0.6 is 11.3 Å². The Hall–Kier alpha value is -2.68. The molecule has 0 saturated carbocycles. The zero-order valence-electron chi connectivity index (χ0n) is 17.7. The Bertz CT molecular complexity index is 859. The first kappa shape index (κ1) is 22.0.